The molecule has 0 saturated heterocycles. The van der Waals surface area contributed by atoms with Crippen LogP contribution in [0.3, 0.4) is 0 Å². The maximum absolute atomic E-state index is 3.39. The molecule has 1 aromatic rings. The monoisotopic (exact) mass is 188 g/mol. The van der Waals surface area contributed by atoms with Gasteiger partial charge in [0, 0.05) is 12.2 Å². The van der Waals surface area contributed by atoms with Crippen molar-refractivity contribution in [3.05, 3.63) is 35.7 Å². The third-order valence-corrected chi connectivity index (χ3v) is 2.77. The average Bonchev–Trinajstić information content (AvgIpc) is 2.16. The second-order valence-electron chi connectivity index (χ2n) is 5.00. The molecule has 0 spiro atoms. The summed E-state index contributed by atoms with van der Waals surface area (Å²) in [6.45, 7) is 7.78. The summed E-state index contributed by atoms with van der Waals surface area (Å²) in [5.74, 6) is 0. The van der Waals surface area contributed by atoms with Gasteiger partial charge in [0.1, 0.15) is 0 Å². The molecule has 1 heterocycles. The molecule has 1 heteroatoms. The summed E-state index contributed by atoms with van der Waals surface area (Å²) >= 11 is 0. The van der Waals surface area contributed by atoms with Crippen LogP contribution in [0.15, 0.2) is 18.2 Å². The Labute approximate surface area is 86.5 Å². The summed E-state index contributed by atoms with van der Waals surface area (Å²) in [6, 6.07) is 6.78. The molecule has 0 bridgehead atoms. The Morgan fingerprint density at radius 1 is 1.21 bits per heavy atom. The highest BCUT2D eigenvalue weighted by atomic mass is 14.9. The maximum atomic E-state index is 3.39. The molecule has 1 aliphatic rings. The fourth-order valence-corrected chi connectivity index (χ4v) is 1.81. The van der Waals surface area contributed by atoms with E-state index in [1.54, 1.807) is 0 Å². The quantitative estimate of drug-likeness (QED) is 0.659. The zero-order valence-electron chi connectivity index (χ0n) is 9.22. The Hall–Kier alpha value is -0.980. The molecule has 14 heavy (non-hydrogen) atoms. The van der Waals surface area contributed by atoms with Crippen LogP contribution < -0.4 is 5.32 Å². The van der Waals surface area contributed by atoms with E-state index in [1.165, 1.54) is 16.8 Å². The SMILES string of the molecule is CC(C)(C)c1ccc2c(c1)C[CH]CN2. The highest BCUT2D eigenvalue weighted by Crippen LogP contribution is 2.28. The molecule has 75 valence electrons. The number of rotatable bonds is 0. The van der Waals surface area contributed by atoms with Crippen molar-refractivity contribution in [3.8, 4) is 0 Å². The Bertz CT molecular complexity index is 334. The van der Waals surface area contributed by atoms with Gasteiger partial charge in [-0.3, -0.25) is 0 Å². The summed E-state index contributed by atoms with van der Waals surface area (Å²) < 4.78 is 0. The predicted octanol–water partition coefficient (Wildman–Crippen LogP) is 3.16. The van der Waals surface area contributed by atoms with E-state index in [0.717, 1.165) is 13.0 Å². The van der Waals surface area contributed by atoms with Crippen LogP contribution in [0.4, 0.5) is 5.69 Å². The van der Waals surface area contributed by atoms with E-state index < -0.39 is 0 Å². The van der Waals surface area contributed by atoms with Gasteiger partial charge in [-0.25, -0.2) is 0 Å². The Balaban J connectivity index is 2.39. The van der Waals surface area contributed by atoms with Gasteiger partial charge >= 0.3 is 0 Å². The van der Waals surface area contributed by atoms with Crippen molar-refractivity contribution < 1.29 is 0 Å². The van der Waals surface area contributed by atoms with Crippen LogP contribution >= 0.6 is 0 Å². The van der Waals surface area contributed by atoms with Gasteiger partial charge in [0.05, 0.1) is 0 Å². The van der Waals surface area contributed by atoms with E-state index in [4.69, 9.17) is 0 Å². The molecule has 0 amide bonds. The van der Waals surface area contributed by atoms with Crippen molar-refractivity contribution in [2.24, 2.45) is 0 Å². The Kier molecular flexibility index (Phi) is 2.26. The molecule has 2 rings (SSSR count). The predicted molar refractivity (Wildman–Crippen MR) is 61.6 cm³/mol. The van der Waals surface area contributed by atoms with Gasteiger partial charge in [-0.05, 0) is 35.4 Å². The molecule has 1 radical (unpaired) electrons. The van der Waals surface area contributed by atoms with E-state index in [2.05, 4.69) is 50.7 Å². The molecular formula is C13H18N. The van der Waals surface area contributed by atoms with Gasteiger partial charge in [0.15, 0.2) is 0 Å². The summed E-state index contributed by atoms with van der Waals surface area (Å²) in [6.07, 6.45) is 3.39. The molecule has 0 unspecified atom stereocenters. The standard InChI is InChI=1S/C13H18N/c1-13(2,3)11-6-7-12-10(9-11)5-4-8-14-12/h4,6-7,9,14H,5,8H2,1-3H3. The van der Waals surface area contributed by atoms with Crippen molar-refractivity contribution in [1.29, 1.82) is 0 Å². The van der Waals surface area contributed by atoms with E-state index in [1.807, 2.05) is 0 Å². The van der Waals surface area contributed by atoms with Crippen LogP contribution in [0.5, 0.6) is 0 Å². The number of fused-ring (bicyclic) bond motifs is 1. The molecule has 1 aliphatic heterocycles. The lowest BCUT2D eigenvalue weighted by atomic mass is 9.85. The molecule has 0 atom stereocenters. The van der Waals surface area contributed by atoms with E-state index >= 15 is 0 Å². The molecule has 1 nitrogen and oxygen atoms in total. The van der Waals surface area contributed by atoms with Crippen LogP contribution in [-0.2, 0) is 11.8 Å². The van der Waals surface area contributed by atoms with Crippen molar-refractivity contribution in [1.82, 2.24) is 0 Å². The molecule has 0 saturated carbocycles. The van der Waals surface area contributed by atoms with Crippen LogP contribution in [0.1, 0.15) is 31.9 Å². The van der Waals surface area contributed by atoms with Gasteiger partial charge in [-0.1, -0.05) is 32.9 Å². The number of nitrogens with one attached hydrogen (secondary N) is 1. The Morgan fingerprint density at radius 3 is 2.71 bits per heavy atom. The lowest BCUT2D eigenvalue weighted by Crippen LogP contribution is -2.16. The van der Waals surface area contributed by atoms with Crippen LogP contribution in [0, 0.1) is 6.42 Å². The van der Waals surface area contributed by atoms with Crippen LogP contribution in [0.2, 0.25) is 0 Å². The topological polar surface area (TPSA) is 12.0 Å². The first-order chi connectivity index (χ1) is 6.57. The Morgan fingerprint density at radius 2 is 2.00 bits per heavy atom. The third-order valence-electron chi connectivity index (χ3n) is 2.77. The lowest BCUT2D eigenvalue weighted by molar-refractivity contribution is 0.589. The van der Waals surface area contributed by atoms with Gasteiger partial charge in [-0.2, -0.15) is 0 Å². The van der Waals surface area contributed by atoms with Crippen LogP contribution in [-0.4, -0.2) is 6.54 Å². The molecule has 0 fully saturated rings. The first-order valence-corrected chi connectivity index (χ1v) is 5.26. The second-order valence-corrected chi connectivity index (χ2v) is 5.00. The van der Waals surface area contributed by atoms with E-state index in [9.17, 15) is 0 Å². The normalized spacial score (nSPS) is 15.9. The van der Waals surface area contributed by atoms with E-state index in [-0.39, 0.29) is 5.41 Å². The highest BCUT2D eigenvalue weighted by Gasteiger charge is 2.16. The van der Waals surface area contributed by atoms with Crippen molar-refractivity contribution in [2.75, 3.05) is 11.9 Å². The van der Waals surface area contributed by atoms with Crippen LogP contribution in [0.25, 0.3) is 0 Å². The molecule has 1 N–H and O–H groups in total. The average molecular weight is 188 g/mol. The minimum Gasteiger partial charge on any atom is -0.385 e. The lowest BCUT2D eigenvalue weighted by Gasteiger charge is -2.24. The van der Waals surface area contributed by atoms with Crippen molar-refractivity contribution in [3.63, 3.8) is 0 Å². The number of anilines is 1. The summed E-state index contributed by atoms with van der Waals surface area (Å²) in [4.78, 5) is 0. The van der Waals surface area contributed by atoms with Gasteiger partial charge in [-0.15, -0.1) is 0 Å². The van der Waals surface area contributed by atoms with Gasteiger partial charge < -0.3 is 5.32 Å². The summed E-state index contributed by atoms with van der Waals surface area (Å²) in [7, 11) is 0. The number of benzene rings is 1. The van der Waals surface area contributed by atoms with E-state index in [0.29, 0.717) is 0 Å². The zero-order chi connectivity index (χ0) is 10.2. The minimum atomic E-state index is 0.256. The third kappa shape index (κ3) is 1.77. The second kappa shape index (κ2) is 3.30. The first kappa shape index (κ1) is 9.57. The molecule has 0 aromatic heterocycles. The smallest absolute Gasteiger partial charge is 0.0373 e. The molecule has 0 aliphatic carbocycles. The fraction of sp³-hybridized carbons (Fsp3) is 0.462. The van der Waals surface area contributed by atoms with Gasteiger partial charge in [0.25, 0.3) is 0 Å². The fourth-order valence-electron chi connectivity index (χ4n) is 1.81. The molecular weight excluding hydrogens is 170 g/mol. The number of hydrogen-bond donors (Lipinski definition) is 1. The zero-order valence-corrected chi connectivity index (χ0v) is 9.22. The summed E-state index contributed by atoms with van der Waals surface area (Å²) in [5.41, 5.74) is 4.42. The largest absolute Gasteiger partial charge is 0.385 e. The highest BCUT2D eigenvalue weighted by molar-refractivity contribution is 5.56. The first-order valence-electron chi connectivity index (χ1n) is 5.26. The van der Waals surface area contributed by atoms with Gasteiger partial charge in [0.2, 0.25) is 0 Å². The maximum Gasteiger partial charge on any atom is 0.0373 e. The minimum absolute atomic E-state index is 0.256. The molecule has 1 aromatic carbocycles. The summed E-state index contributed by atoms with van der Waals surface area (Å²) in [5, 5.41) is 3.39. The van der Waals surface area contributed by atoms with Crippen molar-refractivity contribution >= 4 is 5.69 Å². The van der Waals surface area contributed by atoms with Crippen molar-refractivity contribution in [2.45, 2.75) is 32.6 Å². The number of hydrogen-bond acceptors (Lipinski definition) is 1.